The molecule has 4 N–H and O–H groups in total. The van der Waals surface area contributed by atoms with Gasteiger partial charge >= 0.3 is 0 Å². The van der Waals surface area contributed by atoms with Crippen molar-refractivity contribution in [1.82, 2.24) is 19.9 Å². The van der Waals surface area contributed by atoms with Gasteiger partial charge in [-0.1, -0.05) is 57.9 Å². The van der Waals surface area contributed by atoms with Crippen molar-refractivity contribution in [3.05, 3.63) is 132 Å². The Morgan fingerprint density at radius 2 is 1.92 bits per heavy atom. The van der Waals surface area contributed by atoms with Crippen LogP contribution in [-0.2, 0) is 6.42 Å². The van der Waals surface area contributed by atoms with Gasteiger partial charge in [0.15, 0.2) is 0 Å². The fourth-order valence-corrected chi connectivity index (χ4v) is 3.78. The standard InChI is InChI=1S/C31H35FN6/c1-8-11-26(23-12-10-13-34-16-23)31-22(7)37-29(38-31)15-27(28(33)9-2)30(32)20(5)24-14-25(18-35-17-24)36-21(6)19(3)4/h8-14,16-19,36H,1,5-6,15,33H2,2-4,7H3,(H,37,38)/b26-11-,28-9+,30-27+. The Morgan fingerprint density at radius 3 is 2.55 bits per heavy atom. The molecule has 3 heterocycles. The molecule has 6 nitrogen and oxygen atoms in total. The number of pyridine rings is 2. The van der Waals surface area contributed by atoms with Gasteiger partial charge in [-0.25, -0.2) is 9.37 Å². The third-order valence-corrected chi connectivity index (χ3v) is 6.07. The molecule has 0 aliphatic heterocycles. The number of halogens is 1. The van der Waals surface area contributed by atoms with Gasteiger partial charge in [0.2, 0.25) is 0 Å². The number of aromatic nitrogens is 4. The van der Waals surface area contributed by atoms with Crippen LogP contribution in [0.2, 0.25) is 0 Å². The van der Waals surface area contributed by atoms with Crippen molar-refractivity contribution in [2.24, 2.45) is 11.7 Å². The van der Waals surface area contributed by atoms with Gasteiger partial charge in [-0.15, -0.1) is 0 Å². The van der Waals surface area contributed by atoms with Crippen LogP contribution in [0.5, 0.6) is 0 Å². The Bertz CT molecular complexity index is 1420. The first kappa shape index (κ1) is 28.1. The number of anilines is 1. The summed E-state index contributed by atoms with van der Waals surface area (Å²) in [4.78, 5) is 16.5. The fourth-order valence-electron chi connectivity index (χ4n) is 3.78. The summed E-state index contributed by atoms with van der Waals surface area (Å²) >= 11 is 0. The number of nitrogens with one attached hydrogen (secondary N) is 2. The topological polar surface area (TPSA) is 92.5 Å². The molecule has 0 radical (unpaired) electrons. The number of hydrogen-bond donors (Lipinski definition) is 3. The predicted octanol–water partition coefficient (Wildman–Crippen LogP) is 7.05. The van der Waals surface area contributed by atoms with Crippen molar-refractivity contribution in [2.45, 2.75) is 34.1 Å². The van der Waals surface area contributed by atoms with E-state index in [0.29, 0.717) is 28.3 Å². The van der Waals surface area contributed by atoms with Crippen molar-refractivity contribution in [1.29, 1.82) is 0 Å². The maximum atomic E-state index is 16.0. The SMILES string of the molecule is C=C/C=C(/c1cccnc1)c1nc(CC(/C(N)=C\C)=C(\F)C(=C)c2cncc(NC(=C)C(C)C)c2)[nH]c1C. The number of allylic oxidation sites excluding steroid dienone is 7. The van der Waals surface area contributed by atoms with Crippen LogP contribution in [0.15, 0.2) is 104 Å². The smallest absolute Gasteiger partial charge is 0.136 e. The van der Waals surface area contributed by atoms with Gasteiger partial charge in [-0.2, -0.15) is 0 Å². The summed E-state index contributed by atoms with van der Waals surface area (Å²) in [6.07, 6.45) is 12.1. The third kappa shape index (κ3) is 6.62. The summed E-state index contributed by atoms with van der Waals surface area (Å²) in [5.74, 6) is 0.286. The van der Waals surface area contributed by atoms with Crippen molar-refractivity contribution in [3.63, 3.8) is 0 Å². The average Bonchev–Trinajstić information content (AvgIpc) is 3.29. The maximum Gasteiger partial charge on any atom is 0.136 e. The van der Waals surface area contributed by atoms with Gasteiger partial charge in [0.25, 0.3) is 0 Å². The molecule has 0 aromatic carbocycles. The van der Waals surface area contributed by atoms with Crippen LogP contribution < -0.4 is 11.1 Å². The van der Waals surface area contributed by atoms with Crippen LogP contribution in [0, 0.1) is 12.8 Å². The minimum absolute atomic E-state index is 0.145. The lowest BCUT2D eigenvalue weighted by molar-refractivity contribution is 0.656. The summed E-state index contributed by atoms with van der Waals surface area (Å²) in [5, 5.41) is 3.22. The first-order valence-corrected chi connectivity index (χ1v) is 12.4. The first-order chi connectivity index (χ1) is 18.2. The molecule has 0 aliphatic rings. The number of imidazole rings is 1. The number of aromatic amines is 1. The van der Waals surface area contributed by atoms with Crippen LogP contribution in [0.25, 0.3) is 11.1 Å². The molecule has 3 rings (SSSR count). The van der Waals surface area contributed by atoms with E-state index >= 15 is 4.39 Å². The van der Waals surface area contributed by atoms with E-state index in [1.807, 2.05) is 39.0 Å². The van der Waals surface area contributed by atoms with E-state index in [9.17, 15) is 0 Å². The van der Waals surface area contributed by atoms with Gasteiger partial charge in [-0.3, -0.25) is 9.97 Å². The van der Waals surface area contributed by atoms with Crippen molar-refractivity contribution in [2.75, 3.05) is 5.32 Å². The molecule has 0 bridgehead atoms. The van der Waals surface area contributed by atoms with Crippen molar-refractivity contribution in [3.8, 4) is 0 Å². The van der Waals surface area contributed by atoms with E-state index in [1.165, 1.54) is 0 Å². The summed E-state index contributed by atoms with van der Waals surface area (Å²) in [5.41, 5.74) is 12.5. The highest BCUT2D eigenvalue weighted by molar-refractivity contribution is 5.80. The molecular formula is C31H35FN6. The van der Waals surface area contributed by atoms with Gasteiger partial charge in [0.05, 0.1) is 17.6 Å². The van der Waals surface area contributed by atoms with E-state index in [0.717, 1.165) is 28.2 Å². The second kappa shape index (κ2) is 12.6. The Labute approximate surface area is 224 Å². The average molecular weight is 511 g/mol. The van der Waals surface area contributed by atoms with Gasteiger partial charge < -0.3 is 16.0 Å². The Morgan fingerprint density at radius 1 is 1.18 bits per heavy atom. The number of nitrogens with two attached hydrogens (primary N) is 1. The normalized spacial score (nSPS) is 12.8. The molecule has 0 aliphatic carbocycles. The molecule has 0 amide bonds. The van der Waals surface area contributed by atoms with E-state index in [4.69, 9.17) is 10.7 Å². The minimum atomic E-state index is -0.521. The largest absolute Gasteiger partial charge is 0.399 e. The van der Waals surface area contributed by atoms with E-state index in [1.54, 1.807) is 49.9 Å². The summed E-state index contributed by atoms with van der Waals surface area (Å²) in [7, 11) is 0. The molecule has 0 unspecified atom stereocenters. The molecule has 0 saturated carbocycles. The van der Waals surface area contributed by atoms with Gasteiger partial charge in [0.1, 0.15) is 11.7 Å². The molecule has 0 fully saturated rings. The summed E-state index contributed by atoms with van der Waals surface area (Å²) in [6, 6.07) is 5.61. The molecule has 3 aromatic heterocycles. The molecule has 0 atom stereocenters. The highest BCUT2D eigenvalue weighted by Gasteiger charge is 2.19. The van der Waals surface area contributed by atoms with Crippen LogP contribution in [-0.4, -0.2) is 19.9 Å². The van der Waals surface area contributed by atoms with E-state index in [2.05, 4.69) is 40.0 Å². The monoisotopic (exact) mass is 510 g/mol. The second-order valence-corrected chi connectivity index (χ2v) is 9.17. The van der Waals surface area contributed by atoms with Crippen LogP contribution in [0.3, 0.4) is 0 Å². The molecule has 3 aromatic rings. The van der Waals surface area contributed by atoms with Gasteiger partial charge in [-0.05, 0) is 31.9 Å². The third-order valence-electron chi connectivity index (χ3n) is 6.07. The Balaban J connectivity index is 1.97. The minimum Gasteiger partial charge on any atom is -0.399 e. The highest BCUT2D eigenvalue weighted by atomic mass is 19.1. The zero-order chi connectivity index (χ0) is 27.8. The van der Waals surface area contributed by atoms with Crippen LogP contribution in [0.4, 0.5) is 10.1 Å². The Hall–Kier alpha value is -4.52. The van der Waals surface area contributed by atoms with Crippen molar-refractivity contribution < 1.29 is 4.39 Å². The lowest BCUT2D eigenvalue weighted by Gasteiger charge is -2.15. The zero-order valence-corrected chi connectivity index (χ0v) is 22.5. The van der Waals surface area contributed by atoms with Gasteiger partial charge in [0, 0.05) is 69.9 Å². The highest BCUT2D eigenvalue weighted by Crippen LogP contribution is 2.31. The molecule has 0 saturated heterocycles. The number of hydrogen-bond acceptors (Lipinski definition) is 5. The lowest BCUT2D eigenvalue weighted by atomic mass is 10.00. The summed E-state index contributed by atoms with van der Waals surface area (Å²) < 4.78 is 16.0. The molecule has 38 heavy (non-hydrogen) atoms. The number of rotatable bonds is 11. The fraction of sp³-hybridized carbons (Fsp3) is 0.194. The van der Waals surface area contributed by atoms with Crippen LogP contribution in [0.1, 0.15) is 49.1 Å². The van der Waals surface area contributed by atoms with E-state index in [-0.39, 0.29) is 17.9 Å². The summed E-state index contributed by atoms with van der Waals surface area (Å²) in [6.45, 7) is 19.6. The molecule has 196 valence electrons. The van der Waals surface area contributed by atoms with Crippen LogP contribution >= 0.6 is 0 Å². The molecule has 0 spiro atoms. The Kier molecular flexibility index (Phi) is 9.33. The zero-order valence-electron chi connectivity index (χ0n) is 22.5. The van der Waals surface area contributed by atoms with E-state index < -0.39 is 5.83 Å². The molecular weight excluding hydrogens is 475 g/mol. The lowest BCUT2D eigenvalue weighted by Crippen LogP contribution is -2.08. The number of H-pyrrole nitrogens is 1. The quantitative estimate of drug-likeness (QED) is 0.240. The number of aryl methyl sites for hydroxylation is 1. The number of nitrogens with zero attached hydrogens (tertiary/aromatic N) is 3. The molecule has 7 heteroatoms. The first-order valence-electron chi connectivity index (χ1n) is 12.4. The van der Waals surface area contributed by atoms with Crippen molar-refractivity contribution >= 4 is 16.8 Å². The predicted molar refractivity (Wildman–Crippen MR) is 155 cm³/mol. The maximum absolute atomic E-state index is 16.0. The second-order valence-electron chi connectivity index (χ2n) is 9.17.